The van der Waals surface area contributed by atoms with Crippen molar-refractivity contribution >= 4 is 16.7 Å². The minimum absolute atomic E-state index is 0.0914. The first-order valence-corrected chi connectivity index (χ1v) is 7.74. The fourth-order valence-corrected chi connectivity index (χ4v) is 4.11. The molecule has 2 N–H and O–H groups in total. The maximum absolute atomic E-state index is 12.5. The standard InChI is InChI=1S/C18H19NO2/c20-17-14-4-2-1-3-12(14)7-8-15(17)18(21)19-16-10-11-5-6-13(16)9-11/h1-4,7-8,11,13,16,20H,5-6,9-10H2,(H,19,21). The second-order valence-corrected chi connectivity index (χ2v) is 6.44. The van der Waals surface area contributed by atoms with Crippen molar-refractivity contribution in [3.05, 3.63) is 42.0 Å². The van der Waals surface area contributed by atoms with Crippen molar-refractivity contribution in [1.82, 2.24) is 5.32 Å². The van der Waals surface area contributed by atoms with Gasteiger partial charge in [-0.15, -0.1) is 0 Å². The van der Waals surface area contributed by atoms with E-state index in [4.69, 9.17) is 0 Å². The smallest absolute Gasteiger partial charge is 0.255 e. The first kappa shape index (κ1) is 12.7. The van der Waals surface area contributed by atoms with Crippen LogP contribution in [0.1, 0.15) is 36.0 Å². The number of hydrogen-bond acceptors (Lipinski definition) is 2. The maximum atomic E-state index is 12.5. The van der Waals surface area contributed by atoms with Crippen LogP contribution in [0.4, 0.5) is 0 Å². The molecule has 0 radical (unpaired) electrons. The van der Waals surface area contributed by atoms with Gasteiger partial charge >= 0.3 is 0 Å². The average Bonchev–Trinajstić information content (AvgIpc) is 3.10. The van der Waals surface area contributed by atoms with Crippen LogP contribution in [0.3, 0.4) is 0 Å². The van der Waals surface area contributed by atoms with Crippen LogP contribution in [-0.4, -0.2) is 17.1 Å². The number of aromatic hydroxyl groups is 1. The molecular formula is C18H19NO2. The Hall–Kier alpha value is -2.03. The molecule has 3 atom stereocenters. The zero-order chi connectivity index (χ0) is 14.4. The van der Waals surface area contributed by atoms with Gasteiger partial charge in [0.1, 0.15) is 5.75 Å². The normalized spacial score (nSPS) is 27.1. The summed E-state index contributed by atoms with van der Waals surface area (Å²) in [6, 6.07) is 11.5. The molecule has 2 aliphatic rings. The molecule has 2 saturated carbocycles. The second-order valence-electron chi connectivity index (χ2n) is 6.44. The summed E-state index contributed by atoms with van der Waals surface area (Å²) < 4.78 is 0. The highest BCUT2D eigenvalue weighted by Crippen LogP contribution is 2.44. The molecule has 2 fully saturated rings. The number of carbonyl (C=O) groups excluding carboxylic acids is 1. The van der Waals surface area contributed by atoms with Gasteiger partial charge in [0.25, 0.3) is 5.91 Å². The van der Waals surface area contributed by atoms with Crippen LogP contribution >= 0.6 is 0 Å². The lowest BCUT2D eigenvalue weighted by Crippen LogP contribution is -2.38. The van der Waals surface area contributed by atoms with E-state index >= 15 is 0 Å². The first-order chi connectivity index (χ1) is 10.2. The number of hydrogen-bond donors (Lipinski definition) is 2. The number of fused-ring (bicyclic) bond motifs is 3. The SMILES string of the molecule is O=C(NC1CC2CCC1C2)c1ccc2ccccc2c1O. The number of nitrogens with one attached hydrogen (secondary N) is 1. The van der Waals surface area contributed by atoms with Crippen LogP contribution in [0.25, 0.3) is 10.8 Å². The first-order valence-electron chi connectivity index (χ1n) is 7.74. The van der Waals surface area contributed by atoms with Crippen LogP contribution < -0.4 is 5.32 Å². The lowest BCUT2D eigenvalue weighted by atomic mass is 9.95. The molecule has 1 amide bonds. The van der Waals surface area contributed by atoms with Crippen LogP contribution in [-0.2, 0) is 0 Å². The Kier molecular flexibility index (Phi) is 2.88. The number of phenols is 1. The third kappa shape index (κ3) is 2.08. The maximum Gasteiger partial charge on any atom is 0.255 e. The van der Waals surface area contributed by atoms with Crippen LogP contribution in [0.15, 0.2) is 36.4 Å². The van der Waals surface area contributed by atoms with Gasteiger partial charge in [0, 0.05) is 11.4 Å². The summed E-state index contributed by atoms with van der Waals surface area (Å²) in [6.07, 6.45) is 4.91. The number of benzene rings is 2. The highest BCUT2D eigenvalue weighted by Gasteiger charge is 2.40. The summed E-state index contributed by atoms with van der Waals surface area (Å²) in [5, 5.41) is 15.2. The predicted octanol–water partition coefficient (Wildman–Crippen LogP) is 3.46. The Balaban J connectivity index is 1.61. The molecule has 0 saturated heterocycles. The van der Waals surface area contributed by atoms with E-state index in [9.17, 15) is 9.90 Å². The Morgan fingerprint density at radius 1 is 1.10 bits per heavy atom. The predicted molar refractivity (Wildman–Crippen MR) is 82.3 cm³/mol. The van der Waals surface area contributed by atoms with Gasteiger partial charge in [-0.25, -0.2) is 0 Å². The van der Waals surface area contributed by atoms with E-state index in [1.54, 1.807) is 6.07 Å². The molecule has 2 bridgehead atoms. The van der Waals surface area contributed by atoms with Gasteiger partial charge in [-0.3, -0.25) is 4.79 Å². The zero-order valence-corrected chi connectivity index (χ0v) is 11.9. The highest BCUT2D eigenvalue weighted by atomic mass is 16.3. The van der Waals surface area contributed by atoms with E-state index in [1.165, 1.54) is 19.3 Å². The van der Waals surface area contributed by atoms with Crippen molar-refractivity contribution < 1.29 is 9.90 Å². The third-order valence-electron chi connectivity index (χ3n) is 5.20. The van der Waals surface area contributed by atoms with Gasteiger partial charge in [-0.05, 0) is 42.6 Å². The van der Waals surface area contributed by atoms with Crippen molar-refractivity contribution in [1.29, 1.82) is 0 Å². The summed E-state index contributed by atoms with van der Waals surface area (Å²) >= 11 is 0. The van der Waals surface area contributed by atoms with Crippen LogP contribution in [0.5, 0.6) is 5.75 Å². The van der Waals surface area contributed by atoms with Gasteiger partial charge in [0.05, 0.1) is 5.56 Å². The summed E-state index contributed by atoms with van der Waals surface area (Å²) in [4.78, 5) is 12.5. The molecule has 2 aliphatic carbocycles. The van der Waals surface area contributed by atoms with Gasteiger partial charge in [-0.2, -0.15) is 0 Å². The van der Waals surface area contributed by atoms with Gasteiger partial charge in [0.15, 0.2) is 0 Å². The summed E-state index contributed by atoms with van der Waals surface area (Å²) in [7, 11) is 0. The Bertz CT molecular complexity index is 709. The largest absolute Gasteiger partial charge is 0.506 e. The van der Waals surface area contributed by atoms with Gasteiger partial charge < -0.3 is 10.4 Å². The average molecular weight is 281 g/mol. The molecule has 0 aliphatic heterocycles. The van der Waals surface area contributed by atoms with Crippen LogP contribution in [0.2, 0.25) is 0 Å². The number of rotatable bonds is 2. The van der Waals surface area contributed by atoms with Crippen molar-refractivity contribution in [3.8, 4) is 5.75 Å². The Morgan fingerprint density at radius 3 is 2.71 bits per heavy atom. The topological polar surface area (TPSA) is 49.3 Å². The Morgan fingerprint density at radius 2 is 1.95 bits per heavy atom. The monoisotopic (exact) mass is 281 g/mol. The minimum atomic E-state index is -0.143. The lowest BCUT2D eigenvalue weighted by Gasteiger charge is -2.23. The van der Waals surface area contributed by atoms with E-state index in [-0.39, 0.29) is 11.7 Å². The summed E-state index contributed by atoms with van der Waals surface area (Å²) in [5.74, 6) is 1.39. The fourth-order valence-electron chi connectivity index (χ4n) is 4.11. The van der Waals surface area contributed by atoms with Crippen molar-refractivity contribution in [3.63, 3.8) is 0 Å². The third-order valence-corrected chi connectivity index (χ3v) is 5.20. The van der Waals surface area contributed by atoms with Crippen LogP contribution in [0, 0.1) is 11.8 Å². The zero-order valence-electron chi connectivity index (χ0n) is 11.9. The van der Waals surface area contributed by atoms with Crippen molar-refractivity contribution in [2.24, 2.45) is 11.8 Å². The van der Waals surface area contributed by atoms with E-state index in [1.807, 2.05) is 30.3 Å². The molecule has 0 aromatic heterocycles. The number of carbonyl (C=O) groups is 1. The molecule has 3 nitrogen and oxygen atoms in total. The van der Waals surface area contributed by atoms with E-state index < -0.39 is 0 Å². The molecule has 21 heavy (non-hydrogen) atoms. The summed E-state index contributed by atoms with van der Waals surface area (Å²) in [6.45, 7) is 0. The quantitative estimate of drug-likeness (QED) is 0.885. The van der Waals surface area contributed by atoms with E-state index in [2.05, 4.69) is 5.32 Å². The second kappa shape index (κ2) is 4.76. The van der Waals surface area contributed by atoms with Crippen molar-refractivity contribution in [2.75, 3.05) is 0 Å². The molecule has 2 aromatic rings. The molecule has 3 heteroatoms. The molecular weight excluding hydrogens is 262 g/mol. The van der Waals surface area contributed by atoms with Crippen molar-refractivity contribution in [2.45, 2.75) is 31.7 Å². The molecule has 4 rings (SSSR count). The highest BCUT2D eigenvalue weighted by molar-refractivity contribution is 6.03. The molecule has 3 unspecified atom stereocenters. The summed E-state index contributed by atoms with van der Waals surface area (Å²) in [5.41, 5.74) is 0.386. The molecule has 2 aromatic carbocycles. The Labute approximate surface area is 124 Å². The fraction of sp³-hybridized carbons (Fsp3) is 0.389. The molecule has 108 valence electrons. The lowest BCUT2D eigenvalue weighted by molar-refractivity contribution is 0.0920. The number of amides is 1. The van der Waals surface area contributed by atoms with E-state index in [0.717, 1.165) is 23.1 Å². The molecule has 0 heterocycles. The van der Waals surface area contributed by atoms with Gasteiger partial charge in [0.2, 0.25) is 0 Å². The van der Waals surface area contributed by atoms with E-state index in [0.29, 0.717) is 17.5 Å². The molecule has 0 spiro atoms. The number of phenolic OH excluding ortho intramolecular Hbond substituents is 1. The van der Waals surface area contributed by atoms with Gasteiger partial charge in [-0.1, -0.05) is 36.8 Å². The minimum Gasteiger partial charge on any atom is -0.506 e.